The normalized spacial score (nSPS) is 11.6. The summed E-state index contributed by atoms with van der Waals surface area (Å²) in [5, 5.41) is 0. The number of para-hydroxylation sites is 1. The van der Waals surface area contributed by atoms with Gasteiger partial charge in [0.2, 0.25) is 10.0 Å². The third-order valence-corrected chi connectivity index (χ3v) is 5.67. The van der Waals surface area contributed by atoms with Crippen LogP contribution in [0.2, 0.25) is 0 Å². The number of carbonyl (C=O) groups is 2. The van der Waals surface area contributed by atoms with Crippen molar-refractivity contribution in [3.05, 3.63) is 59.7 Å². The Morgan fingerprint density at radius 3 is 2.20 bits per heavy atom. The van der Waals surface area contributed by atoms with E-state index in [0.29, 0.717) is 5.75 Å². The molecule has 0 unspecified atom stereocenters. The summed E-state index contributed by atoms with van der Waals surface area (Å²) in [6.45, 7) is 6.93. The molecule has 0 saturated heterocycles. The van der Waals surface area contributed by atoms with Gasteiger partial charge >= 0.3 is 0 Å². The smallest absolute Gasteiger partial charge is 0.276 e. The summed E-state index contributed by atoms with van der Waals surface area (Å²) in [4.78, 5) is 24.2. The molecule has 0 atom stereocenters. The molecule has 2 amide bonds. The third-order valence-electron chi connectivity index (χ3n) is 3.90. The molecule has 0 radical (unpaired) electrons. The van der Waals surface area contributed by atoms with E-state index in [0.717, 1.165) is 12.0 Å². The first kappa shape index (κ1) is 23.4. The van der Waals surface area contributed by atoms with Crippen LogP contribution < -0.4 is 20.3 Å². The zero-order valence-corrected chi connectivity index (χ0v) is 18.3. The van der Waals surface area contributed by atoms with Crippen molar-refractivity contribution in [3.8, 4) is 5.75 Å². The molecule has 0 aliphatic heterocycles. The maximum Gasteiger partial charge on any atom is 0.276 e. The fourth-order valence-corrected chi connectivity index (χ4v) is 3.98. The molecular formula is C21H27N3O5S. The number of carbonyl (C=O) groups excluding carboxylic acids is 2. The first-order chi connectivity index (χ1) is 14.0. The van der Waals surface area contributed by atoms with E-state index in [1.165, 1.54) is 24.3 Å². The van der Waals surface area contributed by atoms with Crippen LogP contribution in [0.4, 0.5) is 0 Å². The Hall–Kier alpha value is -2.91. The molecule has 0 heterocycles. The average Bonchev–Trinajstić information content (AvgIpc) is 2.69. The van der Waals surface area contributed by atoms with E-state index in [-0.39, 0.29) is 17.1 Å². The number of ether oxygens (including phenoxy) is 1. The quantitative estimate of drug-likeness (QED) is 0.579. The zero-order chi connectivity index (χ0) is 22.4. The van der Waals surface area contributed by atoms with Gasteiger partial charge in [0.15, 0.2) is 6.61 Å². The molecule has 30 heavy (non-hydrogen) atoms. The number of sulfonamides is 1. The van der Waals surface area contributed by atoms with Crippen LogP contribution in [0.5, 0.6) is 5.75 Å². The summed E-state index contributed by atoms with van der Waals surface area (Å²) >= 11 is 0. The molecule has 0 saturated carbocycles. The highest BCUT2D eigenvalue weighted by atomic mass is 32.2. The summed E-state index contributed by atoms with van der Waals surface area (Å²) in [6, 6.07) is 12.8. The minimum Gasteiger partial charge on any atom is -0.483 e. The first-order valence-electron chi connectivity index (χ1n) is 9.46. The van der Waals surface area contributed by atoms with Crippen molar-refractivity contribution in [2.45, 2.75) is 44.6 Å². The van der Waals surface area contributed by atoms with Crippen LogP contribution in [0, 0.1) is 0 Å². The van der Waals surface area contributed by atoms with Gasteiger partial charge < -0.3 is 4.74 Å². The SMILES string of the molecule is CCc1ccccc1OCC(=O)NNC(=O)c1ccc(S(=O)(=O)NC(C)(C)C)cc1. The summed E-state index contributed by atoms with van der Waals surface area (Å²) < 4.78 is 32.6. The van der Waals surface area contributed by atoms with E-state index < -0.39 is 27.4 Å². The topological polar surface area (TPSA) is 114 Å². The molecule has 3 N–H and O–H groups in total. The van der Waals surface area contributed by atoms with Crippen molar-refractivity contribution in [2.75, 3.05) is 6.61 Å². The molecular weight excluding hydrogens is 406 g/mol. The number of amides is 2. The summed E-state index contributed by atoms with van der Waals surface area (Å²) in [7, 11) is -3.69. The van der Waals surface area contributed by atoms with Crippen molar-refractivity contribution in [1.29, 1.82) is 0 Å². The van der Waals surface area contributed by atoms with Gasteiger partial charge in [-0.25, -0.2) is 13.1 Å². The molecule has 2 aromatic carbocycles. The van der Waals surface area contributed by atoms with E-state index in [2.05, 4.69) is 15.6 Å². The number of hydrogen-bond acceptors (Lipinski definition) is 5. The molecule has 8 nitrogen and oxygen atoms in total. The molecule has 0 aromatic heterocycles. The monoisotopic (exact) mass is 433 g/mol. The fourth-order valence-electron chi connectivity index (χ4n) is 2.56. The Morgan fingerprint density at radius 1 is 0.967 bits per heavy atom. The highest BCUT2D eigenvalue weighted by Gasteiger charge is 2.22. The number of hydrazine groups is 1. The van der Waals surface area contributed by atoms with Crippen molar-refractivity contribution in [2.24, 2.45) is 0 Å². The largest absolute Gasteiger partial charge is 0.483 e. The summed E-state index contributed by atoms with van der Waals surface area (Å²) in [6.07, 6.45) is 0.769. The third kappa shape index (κ3) is 6.85. The summed E-state index contributed by atoms with van der Waals surface area (Å²) in [5.74, 6) is -0.491. The lowest BCUT2D eigenvalue weighted by atomic mass is 10.1. The number of hydrogen-bond donors (Lipinski definition) is 3. The number of rotatable bonds is 7. The maximum atomic E-state index is 12.3. The van der Waals surface area contributed by atoms with E-state index in [1.807, 2.05) is 25.1 Å². The van der Waals surface area contributed by atoms with E-state index in [4.69, 9.17) is 4.74 Å². The van der Waals surface area contributed by atoms with Crippen LogP contribution in [0.25, 0.3) is 0 Å². The van der Waals surface area contributed by atoms with Gasteiger partial charge in [-0.15, -0.1) is 0 Å². The van der Waals surface area contributed by atoms with E-state index in [1.54, 1.807) is 26.8 Å². The van der Waals surface area contributed by atoms with E-state index >= 15 is 0 Å². The molecule has 162 valence electrons. The van der Waals surface area contributed by atoms with Gasteiger partial charge in [0, 0.05) is 11.1 Å². The lowest BCUT2D eigenvalue weighted by Gasteiger charge is -2.20. The molecule has 2 aromatic rings. The first-order valence-corrected chi connectivity index (χ1v) is 10.9. The molecule has 0 aliphatic rings. The average molecular weight is 434 g/mol. The minimum atomic E-state index is -3.69. The lowest BCUT2D eigenvalue weighted by molar-refractivity contribution is -0.123. The number of benzene rings is 2. The minimum absolute atomic E-state index is 0.0426. The van der Waals surface area contributed by atoms with Crippen LogP contribution in [0.3, 0.4) is 0 Å². The van der Waals surface area contributed by atoms with Gasteiger partial charge in [0.1, 0.15) is 5.75 Å². The number of nitrogens with one attached hydrogen (secondary N) is 3. The second kappa shape index (κ2) is 9.73. The molecule has 0 bridgehead atoms. The van der Waals surface area contributed by atoms with Crippen LogP contribution in [0.15, 0.2) is 53.4 Å². The number of aryl methyl sites for hydroxylation is 1. The predicted molar refractivity (Wildman–Crippen MR) is 113 cm³/mol. The van der Waals surface area contributed by atoms with Crippen LogP contribution in [-0.4, -0.2) is 32.4 Å². The Kier molecular flexibility index (Phi) is 7.58. The fraction of sp³-hybridized carbons (Fsp3) is 0.333. The van der Waals surface area contributed by atoms with Crippen LogP contribution >= 0.6 is 0 Å². The second-order valence-corrected chi connectivity index (χ2v) is 9.31. The second-order valence-electron chi connectivity index (χ2n) is 7.63. The van der Waals surface area contributed by atoms with Gasteiger partial charge in [-0.1, -0.05) is 25.1 Å². The van der Waals surface area contributed by atoms with Gasteiger partial charge in [-0.2, -0.15) is 0 Å². The molecule has 9 heteroatoms. The molecule has 0 aliphatic carbocycles. The highest BCUT2D eigenvalue weighted by molar-refractivity contribution is 7.89. The van der Waals surface area contributed by atoms with Gasteiger partial charge in [-0.3, -0.25) is 20.4 Å². The lowest BCUT2D eigenvalue weighted by Crippen LogP contribution is -2.43. The van der Waals surface area contributed by atoms with Crippen molar-refractivity contribution < 1.29 is 22.7 Å². The van der Waals surface area contributed by atoms with Crippen molar-refractivity contribution in [1.82, 2.24) is 15.6 Å². The van der Waals surface area contributed by atoms with Crippen LogP contribution in [0.1, 0.15) is 43.6 Å². The highest BCUT2D eigenvalue weighted by Crippen LogP contribution is 2.18. The van der Waals surface area contributed by atoms with Gasteiger partial charge in [0.05, 0.1) is 4.90 Å². The van der Waals surface area contributed by atoms with Gasteiger partial charge in [-0.05, 0) is 63.1 Å². The Bertz CT molecular complexity index is 996. The molecule has 0 spiro atoms. The van der Waals surface area contributed by atoms with Gasteiger partial charge in [0.25, 0.3) is 11.8 Å². The molecule has 0 fully saturated rings. The zero-order valence-electron chi connectivity index (χ0n) is 17.5. The predicted octanol–water partition coefficient (Wildman–Crippen LogP) is 2.17. The Morgan fingerprint density at radius 2 is 1.60 bits per heavy atom. The Labute approximate surface area is 177 Å². The van der Waals surface area contributed by atoms with Crippen LogP contribution in [-0.2, 0) is 21.2 Å². The standard InChI is InChI=1S/C21H27N3O5S/c1-5-15-8-6-7-9-18(15)29-14-19(25)22-23-20(26)16-10-12-17(13-11-16)30(27,28)24-21(2,3)4/h6-13,24H,5,14H2,1-4H3,(H,22,25)(H,23,26). The summed E-state index contributed by atoms with van der Waals surface area (Å²) in [5.41, 5.74) is 5.09. The maximum absolute atomic E-state index is 12.3. The van der Waals surface area contributed by atoms with E-state index in [9.17, 15) is 18.0 Å². The van der Waals surface area contributed by atoms with Crippen molar-refractivity contribution >= 4 is 21.8 Å². The molecule has 2 rings (SSSR count). The Balaban J connectivity index is 1.89. The van der Waals surface area contributed by atoms with Crippen molar-refractivity contribution in [3.63, 3.8) is 0 Å².